The minimum atomic E-state index is -0.180. The summed E-state index contributed by atoms with van der Waals surface area (Å²) in [7, 11) is 0. The lowest BCUT2D eigenvalue weighted by Gasteiger charge is -2.22. The molecule has 5 heteroatoms. The van der Waals surface area contributed by atoms with Crippen LogP contribution in [-0.4, -0.2) is 17.1 Å². The number of nitrogens with two attached hydrogens (primary N) is 2. The summed E-state index contributed by atoms with van der Waals surface area (Å²) in [6.07, 6.45) is 5.60. The zero-order valence-electron chi connectivity index (χ0n) is 10.3. The van der Waals surface area contributed by atoms with Gasteiger partial charge in [0.1, 0.15) is 0 Å². The highest BCUT2D eigenvalue weighted by Crippen LogP contribution is 2.29. The Balaban J connectivity index is 2.08. The molecule has 1 fully saturated rings. The molecule has 1 aliphatic carbocycles. The number of nitrogen functional groups attached to an aromatic ring is 2. The van der Waals surface area contributed by atoms with E-state index in [2.05, 4.69) is 5.32 Å². The summed E-state index contributed by atoms with van der Waals surface area (Å²) in [6.45, 7) is 0. The molecule has 0 aromatic heterocycles. The Morgan fingerprint density at radius 2 is 1.72 bits per heavy atom. The molecule has 0 radical (unpaired) electrons. The number of phenols is 1. The molecule has 0 spiro atoms. The van der Waals surface area contributed by atoms with Gasteiger partial charge in [0.05, 0.1) is 11.4 Å². The van der Waals surface area contributed by atoms with Gasteiger partial charge in [-0.25, -0.2) is 0 Å². The first kappa shape index (κ1) is 12.5. The van der Waals surface area contributed by atoms with E-state index in [9.17, 15) is 9.90 Å². The fourth-order valence-corrected chi connectivity index (χ4v) is 2.33. The van der Waals surface area contributed by atoms with Crippen molar-refractivity contribution in [3.8, 4) is 5.75 Å². The molecule has 1 saturated carbocycles. The van der Waals surface area contributed by atoms with Gasteiger partial charge in [0, 0.05) is 11.6 Å². The zero-order chi connectivity index (χ0) is 13.1. The van der Waals surface area contributed by atoms with E-state index in [0.717, 1.165) is 25.7 Å². The largest absolute Gasteiger partial charge is 0.504 e. The summed E-state index contributed by atoms with van der Waals surface area (Å²) in [6, 6.07) is 3.13. The number of aromatic hydroxyl groups is 1. The second kappa shape index (κ2) is 5.16. The average molecular weight is 249 g/mol. The number of benzene rings is 1. The number of carbonyl (C=O) groups excluding carboxylic acids is 1. The molecule has 0 heterocycles. The smallest absolute Gasteiger partial charge is 0.251 e. The van der Waals surface area contributed by atoms with Crippen LogP contribution >= 0.6 is 0 Å². The SMILES string of the molecule is Nc1cc(C(=O)NC2CCCCC2)cc(N)c1O. The lowest BCUT2D eigenvalue weighted by molar-refractivity contribution is 0.0928. The first-order chi connectivity index (χ1) is 8.58. The van der Waals surface area contributed by atoms with Gasteiger partial charge in [-0.3, -0.25) is 4.79 Å². The van der Waals surface area contributed by atoms with Crippen molar-refractivity contribution in [3.05, 3.63) is 17.7 Å². The second-order valence-electron chi connectivity index (χ2n) is 4.81. The van der Waals surface area contributed by atoms with E-state index in [1.165, 1.54) is 18.6 Å². The Labute approximate surface area is 106 Å². The molecule has 0 bridgehead atoms. The monoisotopic (exact) mass is 249 g/mol. The Hall–Kier alpha value is -1.91. The highest BCUT2D eigenvalue weighted by Gasteiger charge is 2.17. The van der Waals surface area contributed by atoms with Crippen LogP contribution in [0.4, 0.5) is 11.4 Å². The molecule has 0 aliphatic heterocycles. The minimum Gasteiger partial charge on any atom is -0.504 e. The van der Waals surface area contributed by atoms with Crippen LogP contribution in [0.15, 0.2) is 12.1 Å². The van der Waals surface area contributed by atoms with Crippen molar-refractivity contribution < 1.29 is 9.90 Å². The van der Waals surface area contributed by atoms with Gasteiger partial charge in [0.2, 0.25) is 0 Å². The highest BCUT2D eigenvalue weighted by atomic mass is 16.3. The maximum Gasteiger partial charge on any atom is 0.251 e. The summed E-state index contributed by atoms with van der Waals surface area (Å²) in [5.41, 5.74) is 11.8. The Morgan fingerprint density at radius 1 is 1.17 bits per heavy atom. The first-order valence-corrected chi connectivity index (χ1v) is 6.26. The predicted octanol–water partition coefficient (Wildman–Crippen LogP) is 1.62. The average Bonchev–Trinajstić information content (AvgIpc) is 2.36. The topological polar surface area (TPSA) is 101 Å². The first-order valence-electron chi connectivity index (χ1n) is 6.26. The molecule has 2 rings (SSSR count). The van der Waals surface area contributed by atoms with Crippen molar-refractivity contribution in [1.29, 1.82) is 0 Å². The quantitative estimate of drug-likeness (QED) is 0.472. The van der Waals surface area contributed by atoms with Gasteiger partial charge in [-0.05, 0) is 25.0 Å². The number of carbonyl (C=O) groups is 1. The molecular formula is C13H19N3O2. The van der Waals surface area contributed by atoms with Crippen molar-refractivity contribution in [2.75, 3.05) is 11.5 Å². The normalized spacial score (nSPS) is 16.4. The fraction of sp³-hybridized carbons (Fsp3) is 0.462. The third-order valence-corrected chi connectivity index (χ3v) is 3.37. The van der Waals surface area contributed by atoms with E-state index in [1.807, 2.05) is 0 Å². The number of amides is 1. The van der Waals surface area contributed by atoms with Gasteiger partial charge >= 0.3 is 0 Å². The van der Waals surface area contributed by atoms with E-state index < -0.39 is 0 Å². The van der Waals surface area contributed by atoms with Crippen molar-refractivity contribution in [2.45, 2.75) is 38.1 Å². The molecule has 0 atom stereocenters. The van der Waals surface area contributed by atoms with Gasteiger partial charge in [-0.2, -0.15) is 0 Å². The van der Waals surface area contributed by atoms with E-state index in [1.54, 1.807) is 0 Å². The molecule has 1 amide bonds. The molecule has 98 valence electrons. The molecule has 18 heavy (non-hydrogen) atoms. The molecule has 6 N–H and O–H groups in total. The molecule has 5 nitrogen and oxygen atoms in total. The lowest BCUT2D eigenvalue weighted by atomic mass is 9.95. The van der Waals surface area contributed by atoms with Crippen LogP contribution in [0.5, 0.6) is 5.75 Å². The summed E-state index contributed by atoms with van der Waals surface area (Å²) in [4.78, 5) is 12.0. The predicted molar refractivity (Wildman–Crippen MR) is 71.3 cm³/mol. The van der Waals surface area contributed by atoms with Crippen molar-refractivity contribution >= 4 is 17.3 Å². The van der Waals surface area contributed by atoms with Crippen LogP contribution in [0.3, 0.4) is 0 Å². The summed E-state index contributed by atoms with van der Waals surface area (Å²) < 4.78 is 0. The number of phenolic OH excluding ortho intramolecular Hbond substituents is 1. The molecule has 1 aromatic rings. The number of rotatable bonds is 2. The van der Waals surface area contributed by atoms with Crippen molar-refractivity contribution in [3.63, 3.8) is 0 Å². The van der Waals surface area contributed by atoms with Gasteiger partial charge in [-0.15, -0.1) is 0 Å². The van der Waals surface area contributed by atoms with Crippen LogP contribution in [0.2, 0.25) is 0 Å². The lowest BCUT2D eigenvalue weighted by Crippen LogP contribution is -2.36. The van der Waals surface area contributed by atoms with E-state index >= 15 is 0 Å². The minimum absolute atomic E-state index is 0.129. The number of anilines is 2. The summed E-state index contributed by atoms with van der Waals surface area (Å²) in [5.74, 6) is -0.343. The molecule has 1 aliphatic rings. The van der Waals surface area contributed by atoms with Gasteiger partial charge in [0.15, 0.2) is 5.75 Å². The Morgan fingerprint density at radius 3 is 2.28 bits per heavy atom. The van der Waals surface area contributed by atoms with Crippen LogP contribution in [0.25, 0.3) is 0 Å². The van der Waals surface area contributed by atoms with Gasteiger partial charge in [-0.1, -0.05) is 19.3 Å². The fourth-order valence-electron chi connectivity index (χ4n) is 2.33. The van der Waals surface area contributed by atoms with Crippen LogP contribution < -0.4 is 16.8 Å². The Bertz CT molecular complexity index is 431. The van der Waals surface area contributed by atoms with Crippen molar-refractivity contribution in [2.24, 2.45) is 0 Å². The zero-order valence-corrected chi connectivity index (χ0v) is 10.3. The van der Waals surface area contributed by atoms with Crippen LogP contribution in [-0.2, 0) is 0 Å². The molecule has 1 aromatic carbocycles. The summed E-state index contributed by atoms with van der Waals surface area (Å²) in [5, 5.41) is 12.4. The third kappa shape index (κ3) is 2.67. The van der Waals surface area contributed by atoms with E-state index in [4.69, 9.17) is 11.5 Å². The maximum absolute atomic E-state index is 12.0. The highest BCUT2D eigenvalue weighted by molar-refractivity contribution is 5.97. The Kier molecular flexibility index (Phi) is 3.60. The number of nitrogens with one attached hydrogen (secondary N) is 1. The van der Waals surface area contributed by atoms with Gasteiger partial charge in [0.25, 0.3) is 5.91 Å². The summed E-state index contributed by atoms with van der Waals surface area (Å²) >= 11 is 0. The van der Waals surface area contributed by atoms with Crippen LogP contribution in [0.1, 0.15) is 42.5 Å². The third-order valence-electron chi connectivity index (χ3n) is 3.37. The molecule has 0 saturated heterocycles. The van der Waals surface area contributed by atoms with Gasteiger partial charge < -0.3 is 21.9 Å². The van der Waals surface area contributed by atoms with E-state index in [0.29, 0.717) is 5.56 Å². The molecular weight excluding hydrogens is 230 g/mol. The van der Waals surface area contributed by atoms with Crippen molar-refractivity contribution in [1.82, 2.24) is 5.32 Å². The maximum atomic E-state index is 12.0. The number of hydrogen-bond acceptors (Lipinski definition) is 4. The molecule has 0 unspecified atom stereocenters. The van der Waals surface area contributed by atoms with E-state index in [-0.39, 0.29) is 29.1 Å². The standard InChI is InChI=1S/C13H19N3O2/c14-10-6-8(7-11(15)12(10)17)13(18)16-9-4-2-1-3-5-9/h6-7,9,17H,1-5,14-15H2,(H,16,18). The second-order valence-corrected chi connectivity index (χ2v) is 4.81. The van der Waals surface area contributed by atoms with Crippen LogP contribution in [0, 0.1) is 0 Å². The number of hydrogen-bond donors (Lipinski definition) is 4.